The molecule has 3 heterocycles. The molecule has 0 unspecified atom stereocenters. The number of ether oxygens (including phenoxy) is 1. The minimum atomic E-state index is -3.32. The number of carbonyl (C=O) groups is 1. The Hall–Kier alpha value is -2.43. The first-order valence-corrected chi connectivity index (χ1v) is 11.5. The summed E-state index contributed by atoms with van der Waals surface area (Å²) in [6, 6.07) is 7.07. The maximum atomic E-state index is 12.6. The Balaban J connectivity index is 1.53. The summed E-state index contributed by atoms with van der Waals surface area (Å²) in [6.45, 7) is 4.02. The zero-order valence-electron chi connectivity index (χ0n) is 16.3. The van der Waals surface area contributed by atoms with Crippen LogP contribution in [0, 0.1) is 0 Å². The van der Waals surface area contributed by atoms with E-state index < -0.39 is 21.2 Å². The Morgan fingerprint density at radius 1 is 1.38 bits per heavy atom. The fraction of sp³-hybridized carbons (Fsp3) is 0.368. The first-order valence-electron chi connectivity index (χ1n) is 9.15. The monoisotopic (exact) mass is 435 g/mol. The molecule has 4 rings (SSSR count). The first kappa shape index (κ1) is 19.9. The minimum Gasteiger partial charge on any atom is -0.493 e. The lowest BCUT2D eigenvalue weighted by molar-refractivity contribution is 0.0998. The fourth-order valence-electron chi connectivity index (χ4n) is 3.21. The van der Waals surface area contributed by atoms with Gasteiger partial charge in [0.1, 0.15) is 0 Å². The van der Waals surface area contributed by atoms with Crippen LogP contribution in [-0.4, -0.2) is 42.5 Å². The van der Waals surface area contributed by atoms with Gasteiger partial charge in [-0.2, -0.15) is 4.31 Å². The highest BCUT2D eigenvalue weighted by Gasteiger charge is 2.31. The molecule has 1 aliphatic rings. The van der Waals surface area contributed by atoms with Gasteiger partial charge in [-0.15, -0.1) is 11.3 Å². The number of nitrogens with zero attached hydrogens (tertiary/aromatic N) is 2. The van der Waals surface area contributed by atoms with Gasteiger partial charge in [0.05, 0.1) is 18.1 Å². The molecule has 0 fully saturated rings. The van der Waals surface area contributed by atoms with Crippen LogP contribution < -0.4 is 10.1 Å². The summed E-state index contributed by atoms with van der Waals surface area (Å²) >= 11 is 1.29. The molecular formula is C19H21N3O5S2. The number of aromatic nitrogens is 1. The molecule has 1 aromatic carbocycles. The Kier molecular flexibility index (Phi) is 5.09. The third kappa shape index (κ3) is 3.63. The Labute approximate surface area is 172 Å². The molecule has 0 atom stereocenters. The molecule has 29 heavy (non-hydrogen) atoms. The summed E-state index contributed by atoms with van der Waals surface area (Å²) in [6.07, 6.45) is 0.523. The highest BCUT2D eigenvalue weighted by Crippen LogP contribution is 2.32. The molecule has 0 bridgehead atoms. The summed E-state index contributed by atoms with van der Waals surface area (Å²) in [7, 11) is -1.78. The van der Waals surface area contributed by atoms with E-state index >= 15 is 0 Å². The number of furan rings is 1. The minimum absolute atomic E-state index is 0.154. The average molecular weight is 436 g/mol. The quantitative estimate of drug-likeness (QED) is 0.660. The van der Waals surface area contributed by atoms with Crippen molar-refractivity contribution in [2.45, 2.75) is 32.1 Å². The summed E-state index contributed by atoms with van der Waals surface area (Å²) in [5.74, 6) is 0.292. The molecule has 0 saturated carbocycles. The van der Waals surface area contributed by atoms with Crippen molar-refractivity contribution in [3.63, 3.8) is 0 Å². The van der Waals surface area contributed by atoms with Gasteiger partial charge in [0.2, 0.25) is 10.0 Å². The maximum absolute atomic E-state index is 12.6. The van der Waals surface area contributed by atoms with Gasteiger partial charge >= 0.3 is 0 Å². The molecule has 0 aliphatic carbocycles. The molecular weight excluding hydrogens is 414 g/mol. The maximum Gasteiger partial charge on any atom is 0.293 e. The van der Waals surface area contributed by atoms with Crippen molar-refractivity contribution in [3.05, 3.63) is 40.6 Å². The van der Waals surface area contributed by atoms with E-state index in [1.54, 1.807) is 33.1 Å². The first-order chi connectivity index (χ1) is 13.8. The number of anilines is 1. The van der Waals surface area contributed by atoms with E-state index in [1.807, 2.05) is 12.1 Å². The van der Waals surface area contributed by atoms with Crippen LogP contribution in [0.4, 0.5) is 5.13 Å². The van der Waals surface area contributed by atoms with Crippen molar-refractivity contribution < 1.29 is 22.4 Å². The number of methoxy groups -OCH3 is 1. The predicted molar refractivity (Wildman–Crippen MR) is 111 cm³/mol. The van der Waals surface area contributed by atoms with Gasteiger partial charge in [-0.05, 0) is 26.0 Å². The van der Waals surface area contributed by atoms with E-state index in [4.69, 9.17) is 9.15 Å². The summed E-state index contributed by atoms with van der Waals surface area (Å²) in [4.78, 5) is 17.9. The average Bonchev–Trinajstić information content (AvgIpc) is 3.30. The highest BCUT2D eigenvalue weighted by atomic mass is 32.2. The SMILES string of the molecule is COc1cccc2cc(C(=O)Nc3nc4c(s3)CN(S(=O)(=O)C(C)C)CC4)oc12. The smallest absolute Gasteiger partial charge is 0.293 e. The lowest BCUT2D eigenvalue weighted by Gasteiger charge is -2.26. The summed E-state index contributed by atoms with van der Waals surface area (Å²) < 4.78 is 37.2. The van der Waals surface area contributed by atoms with E-state index in [0.717, 1.165) is 16.0 Å². The number of amides is 1. The zero-order valence-corrected chi connectivity index (χ0v) is 17.9. The number of para-hydroxylation sites is 1. The highest BCUT2D eigenvalue weighted by molar-refractivity contribution is 7.89. The number of sulfonamides is 1. The molecule has 2 aromatic heterocycles. The fourth-order valence-corrected chi connectivity index (χ4v) is 5.56. The van der Waals surface area contributed by atoms with Crippen LogP contribution >= 0.6 is 11.3 Å². The standard InChI is InChI=1S/C19H21N3O5S2/c1-11(2)29(24,25)22-8-7-13-16(10-22)28-19(20-13)21-18(23)15-9-12-5-4-6-14(26-3)17(12)27-15/h4-6,9,11H,7-8,10H2,1-3H3,(H,20,21,23). The van der Waals surface area contributed by atoms with Gasteiger partial charge < -0.3 is 9.15 Å². The van der Waals surface area contributed by atoms with Crippen molar-refractivity contribution in [1.29, 1.82) is 0 Å². The van der Waals surface area contributed by atoms with Crippen molar-refractivity contribution in [2.75, 3.05) is 19.0 Å². The van der Waals surface area contributed by atoms with Gasteiger partial charge in [-0.1, -0.05) is 12.1 Å². The van der Waals surface area contributed by atoms with E-state index in [2.05, 4.69) is 10.3 Å². The van der Waals surface area contributed by atoms with Crippen molar-refractivity contribution in [2.24, 2.45) is 0 Å². The lowest BCUT2D eigenvalue weighted by Crippen LogP contribution is -2.39. The van der Waals surface area contributed by atoms with E-state index in [-0.39, 0.29) is 12.3 Å². The van der Waals surface area contributed by atoms with Crippen LogP contribution in [0.2, 0.25) is 0 Å². The van der Waals surface area contributed by atoms with Crippen LogP contribution in [0.5, 0.6) is 5.75 Å². The molecule has 1 aliphatic heterocycles. The van der Waals surface area contributed by atoms with Gasteiger partial charge in [-0.25, -0.2) is 13.4 Å². The third-order valence-corrected chi connectivity index (χ3v) is 8.04. The number of nitrogens with one attached hydrogen (secondary N) is 1. The number of fused-ring (bicyclic) bond motifs is 2. The second-order valence-electron chi connectivity index (χ2n) is 7.01. The number of benzene rings is 1. The number of rotatable bonds is 5. The molecule has 10 heteroatoms. The summed E-state index contributed by atoms with van der Waals surface area (Å²) in [5.41, 5.74) is 1.33. The lowest BCUT2D eigenvalue weighted by atomic mass is 10.2. The molecule has 8 nitrogen and oxygen atoms in total. The molecule has 0 saturated heterocycles. The van der Waals surface area contributed by atoms with E-state index in [9.17, 15) is 13.2 Å². The molecule has 154 valence electrons. The predicted octanol–water partition coefficient (Wildman–Crippen LogP) is 3.25. The Bertz CT molecular complexity index is 1180. The summed E-state index contributed by atoms with van der Waals surface area (Å²) in [5, 5.41) is 3.48. The van der Waals surface area contributed by atoms with Crippen molar-refractivity contribution in [1.82, 2.24) is 9.29 Å². The normalized spacial score (nSPS) is 14.9. The second kappa shape index (κ2) is 7.43. The van der Waals surface area contributed by atoms with E-state index in [1.165, 1.54) is 15.6 Å². The van der Waals surface area contributed by atoms with Crippen molar-refractivity contribution in [3.8, 4) is 5.75 Å². The molecule has 3 aromatic rings. The van der Waals surface area contributed by atoms with Crippen LogP contribution in [0.3, 0.4) is 0 Å². The zero-order chi connectivity index (χ0) is 20.8. The van der Waals surface area contributed by atoms with Crippen LogP contribution in [0.25, 0.3) is 11.0 Å². The number of thiazole rings is 1. The van der Waals surface area contributed by atoms with Crippen LogP contribution in [0.1, 0.15) is 35.0 Å². The molecule has 1 amide bonds. The topological polar surface area (TPSA) is 102 Å². The van der Waals surface area contributed by atoms with Gasteiger partial charge in [0.15, 0.2) is 22.2 Å². The van der Waals surface area contributed by atoms with Gasteiger partial charge in [-0.3, -0.25) is 10.1 Å². The van der Waals surface area contributed by atoms with Gasteiger partial charge in [0, 0.05) is 29.8 Å². The van der Waals surface area contributed by atoms with Crippen molar-refractivity contribution >= 4 is 43.4 Å². The van der Waals surface area contributed by atoms with E-state index in [0.29, 0.717) is 29.4 Å². The third-order valence-electron chi connectivity index (χ3n) is 4.82. The number of carbonyl (C=O) groups excluding carboxylic acids is 1. The molecule has 1 N–H and O–H groups in total. The molecule has 0 radical (unpaired) electrons. The number of hydrogen-bond donors (Lipinski definition) is 1. The van der Waals surface area contributed by atoms with Gasteiger partial charge in [0.25, 0.3) is 5.91 Å². The Morgan fingerprint density at radius 2 is 2.17 bits per heavy atom. The van der Waals surface area contributed by atoms with Crippen LogP contribution in [-0.2, 0) is 23.0 Å². The number of hydrogen-bond acceptors (Lipinski definition) is 7. The van der Waals surface area contributed by atoms with Crippen LogP contribution in [0.15, 0.2) is 28.7 Å². The Morgan fingerprint density at radius 3 is 2.90 bits per heavy atom. The largest absolute Gasteiger partial charge is 0.493 e. The second-order valence-corrected chi connectivity index (χ2v) is 10.6. The molecule has 0 spiro atoms.